The number of carbonyl (C=O) groups is 1. The van der Waals surface area contributed by atoms with Crippen molar-refractivity contribution in [3.05, 3.63) is 29.6 Å². The quantitative estimate of drug-likeness (QED) is 0.695. The molecule has 0 radical (unpaired) electrons. The highest BCUT2D eigenvalue weighted by Gasteiger charge is 2.22. The lowest BCUT2D eigenvalue weighted by Crippen LogP contribution is -2.13. The maximum atomic E-state index is 13.5. The summed E-state index contributed by atoms with van der Waals surface area (Å²) in [4.78, 5) is 14.8. The van der Waals surface area contributed by atoms with Gasteiger partial charge in [0, 0.05) is 18.0 Å². The Morgan fingerprint density at radius 2 is 2.43 bits per heavy atom. The van der Waals surface area contributed by atoms with Crippen molar-refractivity contribution in [1.82, 2.24) is 4.98 Å². The fourth-order valence-corrected chi connectivity index (χ4v) is 1.08. The van der Waals surface area contributed by atoms with Crippen LogP contribution in [0, 0.1) is 6.92 Å². The number of aryl methyl sites for hydroxylation is 1. The molecule has 0 fully saturated rings. The molecule has 1 aromatic rings. The number of halogens is 1. The standard InChI is InChI=1S/C10H12FNO2/c1-3-14-10(13)9(11)8-6-12-5-4-7(8)2/h4-6,9H,3H2,1-2H3. The van der Waals surface area contributed by atoms with Crippen LogP contribution in [-0.4, -0.2) is 17.6 Å². The molecule has 1 rings (SSSR count). The van der Waals surface area contributed by atoms with E-state index in [1.54, 1.807) is 26.1 Å². The molecule has 1 atom stereocenters. The Labute approximate surface area is 81.9 Å². The van der Waals surface area contributed by atoms with Crippen LogP contribution in [-0.2, 0) is 9.53 Å². The lowest BCUT2D eigenvalue weighted by Gasteiger charge is -2.09. The first-order chi connectivity index (χ1) is 6.66. The highest BCUT2D eigenvalue weighted by Crippen LogP contribution is 2.21. The van der Waals surface area contributed by atoms with Crippen molar-refractivity contribution >= 4 is 5.97 Å². The van der Waals surface area contributed by atoms with Gasteiger partial charge in [-0.15, -0.1) is 0 Å². The van der Waals surface area contributed by atoms with Crippen molar-refractivity contribution < 1.29 is 13.9 Å². The van der Waals surface area contributed by atoms with Crippen molar-refractivity contribution in [2.75, 3.05) is 6.61 Å². The molecule has 0 N–H and O–H groups in total. The van der Waals surface area contributed by atoms with Gasteiger partial charge >= 0.3 is 5.97 Å². The molecule has 1 unspecified atom stereocenters. The van der Waals surface area contributed by atoms with Gasteiger partial charge in [-0.05, 0) is 25.5 Å². The first-order valence-electron chi connectivity index (χ1n) is 4.38. The predicted octanol–water partition coefficient (Wildman–Crippen LogP) is 1.96. The molecule has 0 aliphatic rings. The van der Waals surface area contributed by atoms with Gasteiger partial charge in [0.05, 0.1) is 6.61 Å². The number of hydrogen-bond donors (Lipinski definition) is 0. The fourth-order valence-electron chi connectivity index (χ4n) is 1.08. The molecule has 1 heterocycles. The van der Waals surface area contributed by atoms with E-state index >= 15 is 0 Å². The monoisotopic (exact) mass is 197 g/mol. The normalized spacial score (nSPS) is 12.2. The Hall–Kier alpha value is -1.45. The van der Waals surface area contributed by atoms with Gasteiger partial charge in [-0.1, -0.05) is 0 Å². The van der Waals surface area contributed by atoms with Gasteiger partial charge in [0.15, 0.2) is 0 Å². The zero-order chi connectivity index (χ0) is 10.6. The average Bonchev–Trinajstić information content (AvgIpc) is 2.18. The molecule has 0 amide bonds. The maximum Gasteiger partial charge on any atom is 0.345 e. The summed E-state index contributed by atoms with van der Waals surface area (Å²) in [6.07, 6.45) is 1.16. The minimum Gasteiger partial charge on any atom is -0.464 e. The molecule has 0 bridgehead atoms. The molecule has 0 aromatic carbocycles. The van der Waals surface area contributed by atoms with Gasteiger partial charge in [0.2, 0.25) is 6.17 Å². The van der Waals surface area contributed by atoms with Crippen LogP contribution in [0.1, 0.15) is 24.2 Å². The molecule has 0 saturated heterocycles. The number of carbonyl (C=O) groups excluding carboxylic acids is 1. The largest absolute Gasteiger partial charge is 0.464 e. The third-order valence-corrected chi connectivity index (χ3v) is 1.85. The van der Waals surface area contributed by atoms with Crippen LogP contribution in [0.4, 0.5) is 4.39 Å². The van der Waals surface area contributed by atoms with E-state index < -0.39 is 12.1 Å². The summed E-state index contributed by atoms with van der Waals surface area (Å²) in [6, 6.07) is 1.65. The Bertz CT molecular complexity index is 328. The van der Waals surface area contributed by atoms with Crippen molar-refractivity contribution in [2.24, 2.45) is 0 Å². The highest BCUT2D eigenvalue weighted by atomic mass is 19.1. The smallest absolute Gasteiger partial charge is 0.345 e. The number of nitrogens with zero attached hydrogens (tertiary/aromatic N) is 1. The molecule has 4 heteroatoms. The molecule has 1 aromatic heterocycles. The van der Waals surface area contributed by atoms with E-state index in [1.807, 2.05) is 0 Å². The van der Waals surface area contributed by atoms with E-state index in [-0.39, 0.29) is 12.2 Å². The number of alkyl halides is 1. The SMILES string of the molecule is CCOC(=O)C(F)c1cnccc1C. The molecular formula is C10H12FNO2. The Morgan fingerprint density at radius 1 is 1.71 bits per heavy atom. The molecule has 0 aliphatic heterocycles. The molecule has 0 spiro atoms. The summed E-state index contributed by atoms with van der Waals surface area (Å²) < 4.78 is 18.0. The average molecular weight is 197 g/mol. The van der Waals surface area contributed by atoms with E-state index in [1.165, 1.54) is 6.20 Å². The minimum atomic E-state index is -1.73. The third kappa shape index (κ3) is 2.28. The van der Waals surface area contributed by atoms with Crippen molar-refractivity contribution in [1.29, 1.82) is 0 Å². The van der Waals surface area contributed by atoms with Crippen LogP contribution in [0.2, 0.25) is 0 Å². The van der Waals surface area contributed by atoms with Crippen LogP contribution in [0.5, 0.6) is 0 Å². The second-order valence-corrected chi connectivity index (χ2v) is 2.85. The first-order valence-corrected chi connectivity index (χ1v) is 4.38. The first kappa shape index (κ1) is 10.6. The van der Waals surface area contributed by atoms with Crippen molar-refractivity contribution in [3.63, 3.8) is 0 Å². The Balaban J connectivity index is 2.84. The number of hydrogen-bond acceptors (Lipinski definition) is 3. The summed E-state index contributed by atoms with van der Waals surface area (Å²) in [7, 11) is 0. The number of aromatic nitrogens is 1. The van der Waals surface area contributed by atoms with Gasteiger partial charge in [0.1, 0.15) is 0 Å². The number of ether oxygens (including phenoxy) is 1. The molecule has 3 nitrogen and oxygen atoms in total. The summed E-state index contributed by atoms with van der Waals surface area (Å²) >= 11 is 0. The highest BCUT2D eigenvalue weighted by molar-refractivity contribution is 5.76. The lowest BCUT2D eigenvalue weighted by atomic mass is 10.1. The molecule has 76 valence electrons. The lowest BCUT2D eigenvalue weighted by molar-refractivity contribution is -0.149. The van der Waals surface area contributed by atoms with Crippen LogP contribution in [0.25, 0.3) is 0 Å². The summed E-state index contributed by atoms with van der Waals surface area (Å²) in [5.74, 6) is -0.858. The molecular weight excluding hydrogens is 185 g/mol. The number of esters is 1. The second-order valence-electron chi connectivity index (χ2n) is 2.85. The van der Waals surface area contributed by atoms with E-state index in [9.17, 15) is 9.18 Å². The zero-order valence-electron chi connectivity index (χ0n) is 8.16. The topological polar surface area (TPSA) is 39.2 Å². The molecule has 0 saturated carbocycles. The van der Waals surface area contributed by atoms with E-state index in [0.29, 0.717) is 5.56 Å². The Kier molecular flexibility index (Phi) is 3.56. The van der Waals surface area contributed by atoms with Crippen LogP contribution in [0.15, 0.2) is 18.5 Å². The van der Waals surface area contributed by atoms with Crippen LogP contribution >= 0.6 is 0 Å². The van der Waals surface area contributed by atoms with E-state index in [0.717, 1.165) is 0 Å². The summed E-state index contributed by atoms with van der Waals surface area (Å²) in [5, 5.41) is 0. The van der Waals surface area contributed by atoms with Crippen molar-refractivity contribution in [2.45, 2.75) is 20.0 Å². The zero-order valence-corrected chi connectivity index (χ0v) is 8.16. The van der Waals surface area contributed by atoms with Crippen molar-refractivity contribution in [3.8, 4) is 0 Å². The van der Waals surface area contributed by atoms with Gasteiger partial charge in [-0.25, -0.2) is 9.18 Å². The van der Waals surface area contributed by atoms with Gasteiger partial charge < -0.3 is 4.74 Å². The summed E-state index contributed by atoms with van der Waals surface area (Å²) in [5.41, 5.74) is 0.964. The number of rotatable bonds is 3. The molecule has 0 aliphatic carbocycles. The molecule has 14 heavy (non-hydrogen) atoms. The number of pyridine rings is 1. The van der Waals surface area contributed by atoms with E-state index in [2.05, 4.69) is 9.72 Å². The van der Waals surface area contributed by atoms with Crippen LogP contribution in [0.3, 0.4) is 0 Å². The Morgan fingerprint density at radius 3 is 3.00 bits per heavy atom. The van der Waals surface area contributed by atoms with Gasteiger partial charge in [0.25, 0.3) is 0 Å². The van der Waals surface area contributed by atoms with Crippen LogP contribution < -0.4 is 0 Å². The summed E-state index contributed by atoms with van der Waals surface area (Å²) in [6.45, 7) is 3.54. The fraction of sp³-hybridized carbons (Fsp3) is 0.400. The minimum absolute atomic E-state index is 0.179. The van der Waals surface area contributed by atoms with E-state index in [4.69, 9.17) is 0 Å². The second kappa shape index (κ2) is 4.69. The predicted molar refractivity (Wildman–Crippen MR) is 49.5 cm³/mol. The third-order valence-electron chi connectivity index (χ3n) is 1.85. The van der Waals surface area contributed by atoms with Gasteiger partial charge in [-0.2, -0.15) is 0 Å². The van der Waals surface area contributed by atoms with Gasteiger partial charge in [-0.3, -0.25) is 4.98 Å². The maximum absolute atomic E-state index is 13.5.